The predicted octanol–water partition coefficient (Wildman–Crippen LogP) is 3.45. The number of hydrogen-bond acceptors (Lipinski definition) is 4. The van der Waals surface area contributed by atoms with E-state index < -0.39 is 21.8 Å². The molecule has 0 atom stereocenters. The maximum absolute atomic E-state index is 12.8. The van der Waals surface area contributed by atoms with E-state index in [4.69, 9.17) is 6.42 Å². The fourth-order valence-electron chi connectivity index (χ4n) is 3.09. The number of carbonyl (C=O) groups excluding carboxylic acids is 2. The molecule has 0 unspecified atom stereocenters. The highest BCUT2D eigenvalue weighted by Crippen LogP contribution is 2.21. The Morgan fingerprint density at radius 1 is 0.939 bits per heavy atom. The summed E-state index contributed by atoms with van der Waals surface area (Å²) in [5.74, 6) is 1.54. The van der Waals surface area contributed by atoms with E-state index in [0.717, 1.165) is 5.56 Å². The highest BCUT2D eigenvalue weighted by atomic mass is 32.2. The number of amides is 2. The minimum absolute atomic E-state index is 0.169. The molecular formula is C25H23N3O4S. The van der Waals surface area contributed by atoms with Crippen molar-refractivity contribution in [3.05, 3.63) is 89.0 Å². The van der Waals surface area contributed by atoms with Gasteiger partial charge in [0, 0.05) is 22.5 Å². The lowest BCUT2D eigenvalue weighted by Crippen LogP contribution is -2.32. The fourth-order valence-corrected chi connectivity index (χ4v) is 4.47. The molecule has 8 heteroatoms. The number of sulfonamides is 1. The quantitative estimate of drug-likeness (QED) is 0.469. The van der Waals surface area contributed by atoms with Crippen LogP contribution in [0.4, 0.5) is 11.4 Å². The number of rotatable bonds is 7. The third-order valence-electron chi connectivity index (χ3n) is 4.73. The second-order valence-electron chi connectivity index (χ2n) is 7.41. The van der Waals surface area contributed by atoms with E-state index in [1.807, 2.05) is 13.0 Å². The maximum atomic E-state index is 12.8. The Bertz CT molecular complexity index is 1360. The van der Waals surface area contributed by atoms with Crippen molar-refractivity contribution < 1.29 is 18.0 Å². The first kappa shape index (κ1) is 23.6. The molecule has 2 amide bonds. The topological polar surface area (TPSA) is 104 Å². The SMILES string of the molecule is C#Cc1cccc(NC(=O)CNC(=O)c2cccc(NS(=O)(=O)c3cc(C)ccc3C)c2)c1. The van der Waals surface area contributed by atoms with Crippen LogP contribution in [0.25, 0.3) is 0 Å². The molecule has 7 nitrogen and oxygen atoms in total. The van der Waals surface area contributed by atoms with Crippen molar-refractivity contribution in [3.63, 3.8) is 0 Å². The third-order valence-corrected chi connectivity index (χ3v) is 6.26. The van der Waals surface area contributed by atoms with Crippen molar-refractivity contribution in [3.8, 4) is 12.3 Å². The second-order valence-corrected chi connectivity index (χ2v) is 9.06. The third kappa shape index (κ3) is 6.21. The Balaban J connectivity index is 1.65. The lowest BCUT2D eigenvalue weighted by atomic mass is 10.2. The van der Waals surface area contributed by atoms with Gasteiger partial charge in [0.15, 0.2) is 0 Å². The second kappa shape index (κ2) is 10.0. The summed E-state index contributed by atoms with van der Waals surface area (Å²) in [6.45, 7) is 3.26. The van der Waals surface area contributed by atoms with Gasteiger partial charge in [0.2, 0.25) is 5.91 Å². The van der Waals surface area contributed by atoms with Crippen molar-refractivity contribution in [1.29, 1.82) is 0 Å². The molecule has 168 valence electrons. The molecule has 0 saturated heterocycles. The molecule has 33 heavy (non-hydrogen) atoms. The normalized spacial score (nSPS) is 10.7. The Kier molecular flexibility index (Phi) is 7.16. The van der Waals surface area contributed by atoms with Gasteiger partial charge in [0.25, 0.3) is 15.9 Å². The molecule has 0 fully saturated rings. The summed E-state index contributed by atoms with van der Waals surface area (Å²) in [7, 11) is -3.83. The van der Waals surface area contributed by atoms with Crippen molar-refractivity contribution in [2.75, 3.05) is 16.6 Å². The first-order chi connectivity index (χ1) is 15.7. The van der Waals surface area contributed by atoms with E-state index >= 15 is 0 Å². The van der Waals surface area contributed by atoms with Gasteiger partial charge in [-0.05, 0) is 67.4 Å². The Morgan fingerprint density at radius 2 is 1.67 bits per heavy atom. The van der Waals surface area contributed by atoms with E-state index in [-0.39, 0.29) is 22.7 Å². The number of anilines is 2. The summed E-state index contributed by atoms with van der Waals surface area (Å²) < 4.78 is 28.1. The molecule has 0 spiro atoms. The van der Waals surface area contributed by atoms with Crippen LogP contribution in [0.5, 0.6) is 0 Å². The van der Waals surface area contributed by atoms with Gasteiger partial charge in [-0.15, -0.1) is 6.42 Å². The van der Waals surface area contributed by atoms with Crippen molar-refractivity contribution >= 4 is 33.2 Å². The molecule has 3 rings (SSSR count). The van der Waals surface area contributed by atoms with Gasteiger partial charge in [-0.25, -0.2) is 8.42 Å². The zero-order valence-corrected chi connectivity index (χ0v) is 19.0. The zero-order valence-electron chi connectivity index (χ0n) is 18.2. The van der Waals surface area contributed by atoms with E-state index in [0.29, 0.717) is 16.8 Å². The molecule has 0 saturated carbocycles. The van der Waals surface area contributed by atoms with Gasteiger partial charge in [-0.1, -0.05) is 30.2 Å². The molecule has 0 aliphatic carbocycles. The summed E-state index contributed by atoms with van der Waals surface area (Å²) in [5.41, 5.74) is 3.01. The lowest BCUT2D eigenvalue weighted by Gasteiger charge is -2.12. The van der Waals surface area contributed by atoms with E-state index in [9.17, 15) is 18.0 Å². The number of carbonyl (C=O) groups is 2. The van der Waals surface area contributed by atoms with Crippen LogP contribution in [-0.4, -0.2) is 26.8 Å². The molecule has 0 bridgehead atoms. The van der Waals surface area contributed by atoms with Gasteiger partial charge in [-0.3, -0.25) is 14.3 Å². The molecule has 0 heterocycles. The number of aryl methyl sites for hydroxylation is 2. The van der Waals surface area contributed by atoms with Crippen molar-refractivity contribution in [2.45, 2.75) is 18.7 Å². The van der Waals surface area contributed by atoms with Gasteiger partial charge >= 0.3 is 0 Å². The minimum Gasteiger partial charge on any atom is -0.343 e. The van der Waals surface area contributed by atoms with Gasteiger partial charge < -0.3 is 10.6 Å². The Labute approximate surface area is 193 Å². The molecule has 0 aromatic heterocycles. The first-order valence-electron chi connectivity index (χ1n) is 10.0. The summed E-state index contributed by atoms with van der Waals surface area (Å²) >= 11 is 0. The Morgan fingerprint density at radius 3 is 2.42 bits per heavy atom. The average Bonchev–Trinajstić information content (AvgIpc) is 2.79. The van der Waals surface area contributed by atoms with Crippen LogP contribution in [0.2, 0.25) is 0 Å². The first-order valence-corrected chi connectivity index (χ1v) is 11.5. The van der Waals surface area contributed by atoms with Crippen LogP contribution >= 0.6 is 0 Å². The highest BCUT2D eigenvalue weighted by Gasteiger charge is 2.18. The number of terminal acetylenes is 1. The van der Waals surface area contributed by atoms with Crippen molar-refractivity contribution in [1.82, 2.24) is 5.32 Å². The molecule has 0 aliphatic rings. The standard InChI is InChI=1S/C25H23N3O4S/c1-4-19-7-5-9-21(14-19)27-24(29)16-26-25(30)20-8-6-10-22(15-20)28-33(31,32)23-13-17(2)11-12-18(23)3/h1,5-15,28H,16H2,2-3H3,(H,26,30)(H,27,29). The number of benzene rings is 3. The van der Waals surface area contributed by atoms with E-state index in [2.05, 4.69) is 21.3 Å². The van der Waals surface area contributed by atoms with Gasteiger partial charge in [0.05, 0.1) is 11.4 Å². The summed E-state index contributed by atoms with van der Waals surface area (Å²) in [6, 6.07) is 18.0. The largest absolute Gasteiger partial charge is 0.343 e. The van der Waals surface area contributed by atoms with Crippen molar-refractivity contribution in [2.24, 2.45) is 0 Å². The smallest absolute Gasteiger partial charge is 0.262 e. The fraction of sp³-hybridized carbons (Fsp3) is 0.120. The highest BCUT2D eigenvalue weighted by molar-refractivity contribution is 7.92. The lowest BCUT2D eigenvalue weighted by molar-refractivity contribution is -0.115. The van der Waals surface area contributed by atoms with E-state index in [1.165, 1.54) is 12.1 Å². The molecule has 0 radical (unpaired) electrons. The van der Waals surface area contributed by atoms with Crippen LogP contribution in [0.1, 0.15) is 27.0 Å². The molecule has 3 N–H and O–H groups in total. The molecular weight excluding hydrogens is 438 g/mol. The Hall–Kier alpha value is -4.09. The predicted molar refractivity (Wildman–Crippen MR) is 129 cm³/mol. The van der Waals surface area contributed by atoms with Crippen LogP contribution in [-0.2, 0) is 14.8 Å². The monoisotopic (exact) mass is 461 g/mol. The van der Waals surface area contributed by atoms with Crippen LogP contribution < -0.4 is 15.4 Å². The molecule has 0 aliphatic heterocycles. The van der Waals surface area contributed by atoms with Crippen LogP contribution in [0.15, 0.2) is 71.6 Å². The molecule has 3 aromatic carbocycles. The summed E-state index contributed by atoms with van der Waals surface area (Å²) in [6.07, 6.45) is 5.35. The summed E-state index contributed by atoms with van der Waals surface area (Å²) in [5, 5.41) is 5.17. The zero-order chi connectivity index (χ0) is 24.0. The molecule has 3 aromatic rings. The van der Waals surface area contributed by atoms with Crippen LogP contribution in [0.3, 0.4) is 0 Å². The number of nitrogens with one attached hydrogen (secondary N) is 3. The summed E-state index contributed by atoms with van der Waals surface area (Å²) in [4.78, 5) is 24.8. The van der Waals surface area contributed by atoms with E-state index in [1.54, 1.807) is 55.5 Å². The average molecular weight is 462 g/mol. The number of hydrogen-bond donors (Lipinski definition) is 3. The minimum atomic E-state index is -3.83. The van der Waals surface area contributed by atoms with Gasteiger partial charge in [-0.2, -0.15) is 0 Å². The van der Waals surface area contributed by atoms with Gasteiger partial charge in [0.1, 0.15) is 0 Å². The van der Waals surface area contributed by atoms with Crippen LogP contribution in [0, 0.1) is 26.2 Å². The maximum Gasteiger partial charge on any atom is 0.262 e.